The lowest BCUT2D eigenvalue weighted by Crippen LogP contribution is -2.06. The maximum Gasteiger partial charge on any atom is -0.0326 e. The lowest BCUT2D eigenvalue weighted by atomic mass is 9.88. The van der Waals surface area contributed by atoms with Gasteiger partial charge in [0.2, 0.25) is 0 Å². The lowest BCUT2D eigenvalue weighted by Gasteiger charge is -2.18. The van der Waals surface area contributed by atoms with Gasteiger partial charge in [0.05, 0.1) is 0 Å². The molecule has 0 bridgehead atoms. The molecule has 72 valence electrons. The summed E-state index contributed by atoms with van der Waals surface area (Å²) < 4.78 is 0. The van der Waals surface area contributed by atoms with Crippen LogP contribution in [-0.2, 0) is 0 Å². The number of hydrogen-bond acceptors (Lipinski definition) is 0. The number of allylic oxidation sites excluding steroid dienone is 1. The van der Waals surface area contributed by atoms with E-state index >= 15 is 0 Å². The maximum absolute atomic E-state index is 3.92. The van der Waals surface area contributed by atoms with E-state index < -0.39 is 0 Å². The zero-order valence-electron chi connectivity index (χ0n) is 9.19. The van der Waals surface area contributed by atoms with Crippen LogP contribution in [0.5, 0.6) is 0 Å². The Morgan fingerprint density at radius 2 is 1.92 bits per heavy atom. The van der Waals surface area contributed by atoms with Gasteiger partial charge in [-0.15, -0.1) is 6.58 Å². The highest BCUT2D eigenvalue weighted by Crippen LogP contribution is 2.22. The minimum Gasteiger partial charge on any atom is -0.100 e. The molecule has 0 aliphatic rings. The fourth-order valence-corrected chi connectivity index (χ4v) is 1.67. The Morgan fingerprint density at radius 1 is 1.33 bits per heavy atom. The largest absolute Gasteiger partial charge is 0.100 e. The van der Waals surface area contributed by atoms with Gasteiger partial charge in [-0.1, -0.05) is 32.8 Å². The molecule has 0 heteroatoms. The fourth-order valence-electron chi connectivity index (χ4n) is 1.67. The fraction of sp³-hybridized carbons (Fsp3) is 0.833. The molecule has 0 heterocycles. The first kappa shape index (κ1) is 11.7. The van der Waals surface area contributed by atoms with Gasteiger partial charge in [-0.05, 0) is 38.0 Å². The van der Waals surface area contributed by atoms with Crippen LogP contribution in [0.1, 0.15) is 53.4 Å². The highest BCUT2D eigenvalue weighted by Gasteiger charge is 2.09. The molecule has 0 aromatic heterocycles. The number of hydrogen-bond donors (Lipinski definition) is 0. The molecule has 0 nitrogen and oxygen atoms in total. The quantitative estimate of drug-likeness (QED) is 0.515. The second kappa shape index (κ2) is 6.28. The molecule has 0 N–H and O–H groups in total. The van der Waals surface area contributed by atoms with Gasteiger partial charge in [-0.3, -0.25) is 0 Å². The minimum absolute atomic E-state index is 0.847. The van der Waals surface area contributed by atoms with Crippen molar-refractivity contribution in [3.8, 4) is 0 Å². The molecule has 0 aromatic rings. The summed E-state index contributed by atoms with van der Waals surface area (Å²) in [4.78, 5) is 0. The Morgan fingerprint density at radius 3 is 2.25 bits per heavy atom. The van der Waals surface area contributed by atoms with Crippen LogP contribution in [0, 0.1) is 11.8 Å². The zero-order valence-corrected chi connectivity index (χ0v) is 9.19. The summed E-state index contributed by atoms with van der Waals surface area (Å²) in [6, 6.07) is 0. The molecule has 0 rings (SSSR count). The van der Waals surface area contributed by atoms with Crippen molar-refractivity contribution in [2.75, 3.05) is 0 Å². The van der Waals surface area contributed by atoms with Gasteiger partial charge >= 0.3 is 0 Å². The number of rotatable bonds is 6. The summed E-state index contributed by atoms with van der Waals surface area (Å²) in [6.07, 6.45) is 5.24. The summed E-state index contributed by atoms with van der Waals surface area (Å²) in [6.45, 7) is 13.0. The third-order valence-electron chi connectivity index (χ3n) is 2.65. The molecule has 1 atom stereocenters. The van der Waals surface area contributed by atoms with Gasteiger partial charge in [0.15, 0.2) is 0 Å². The summed E-state index contributed by atoms with van der Waals surface area (Å²) in [7, 11) is 0. The van der Waals surface area contributed by atoms with Gasteiger partial charge in [-0.25, -0.2) is 0 Å². The zero-order chi connectivity index (χ0) is 9.56. The molecule has 0 fully saturated rings. The van der Waals surface area contributed by atoms with Crippen LogP contribution in [0.4, 0.5) is 0 Å². The monoisotopic (exact) mass is 168 g/mol. The highest BCUT2D eigenvalue weighted by molar-refractivity contribution is 4.87. The maximum atomic E-state index is 3.92. The van der Waals surface area contributed by atoms with Crippen LogP contribution >= 0.6 is 0 Å². The molecule has 0 spiro atoms. The van der Waals surface area contributed by atoms with Crippen molar-refractivity contribution in [3.05, 3.63) is 12.2 Å². The molecule has 0 aliphatic carbocycles. The average Bonchev–Trinajstić information content (AvgIpc) is 1.96. The first-order valence-corrected chi connectivity index (χ1v) is 5.22. The third-order valence-corrected chi connectivity index (χ3v) is 2.65. The first-order chi connectivity index (χ1) is 5.57. The Labute approximate surface area is 78.1 Å². The van der Waals surface area contributed by atoms with E-state index in [4.69, 9.17) is 0 Å². The van der Waals surface area contributed by atoms with Gasteiger partial charge in [0.25, 0.3) is 0 Å². The molecule has 1 unspecified atom stereocenters. The van der Waals surface area contributed by atoms with Crippen LogP contribution in [0.3, 0.4) is 0 Å². The summed E-state index contributed by atoms with van der Waals surface area (Å²) in [5, 5.41) is 0. The van der Waals surface area contributed by atoms with Crippen molar-refractivity contribution < 1.29 is 0 Å². The predicted molar refractivity (Wildman–Crippen MR) is 57.3 cm³/mol. The molecular weight excluding hydrogens is 144 g/mol. The standard InChI is InChI=1S/C12H24/c1-6-12(11(4)5)9-7-8-10(2)3/h11-12H,2,6-9H2,1,3-5H3. The van der Waals surface area contributed by atoms with E-state index in [0.717, 1.165) is 11.8 Å². The third kappa shape index (κ3) is 5.40. The normalized spacial score (nSPS) is 13.4. The lowest BCUT2D eigenvalue weighted by molar-refractivity contribution is 0.341. The minimum atomic E-state index is 0.847. The molecule has 0 aliphatic heterocycles. The molecule has 0 amide bonds. The summed E-state index contributed by atoms with van der Waals surface area (Å²) >= 11 is 0. The Kier molecular flexibility index (Phi) is 6.14. The van der Waals surface area contributed by atoms with Gasteiger partial charge in [-0.2, -0.15) is 0 Å². The SMILES string of the molecule is C=C(C)CCCC(CC)C(C)C. The Balaban J connectivity index is 3.51. The average molecular weight is 168 g/mol. The van der Waals surface area contributed by atoms with E-state index in [0.29, 0.717) is 0 Å². The van der Waals surface area contributed by atoms with E-state index in [1.54, 1.807) is 0 Å². The summed E-state index contributed by atoms with van der Waals surface area (Å²) in [5.74, 6) is 1.77. The van der Waals surface area contributed by atoms with E-state index in [1.807, 2.05) is 0 Å². The van der Waals surface area contributed by atoms with Crippen LogP contribution in [0.2, 0.25) is 0 Å². The van der Waals surface area contributed by atoms with E-state index in [-0.39, 0.29) is 0 Å². The van der Waals surface area contributed by atoms with E-state index in [1.165, 1.54) is 31.3 Å². The van der Waals surface area contributed by atoms with Crippen molar-refractivity contribution in [2.24, 2.45) is 11.8 Å². The van der Waals surface area contributed by atoms with Gasteiger partial charge in [0.1, 0.15) is 0 Å². The predicted octanol–water partition coefficient (Wildman–Crippen LogP) is 4.42. The molecular formula is C12H24. The molecule has 0 saturated carbocycles. The van der Waals surface area contributed by atoms with Crippen LogP contribution in [0.25, 0.3) is 0 Å². The second-order valence-corrected chi connectivity index (χ2v) is 4.26. The van der Waals surface area contributed by atoms with Crippen LogP contribution in [0.15, 0.2) is 12.2 Å². The highest BCUT2D eigenvalue weighted by atomic mass is 14.1. The molecule has 12 heavy (non-hydrogen) atoms. The Bertz CT molecular complexity index is 122. The van der Waals surface area contributed by atoms with Crippen LogP contribution in [-0.4, -0.2) is 0 Å². The van der Waals surface area contributed by atoms with Crippen molar-refractivity contribution in [1.29, 1.82) is 0 Å². The van der Waals surface area contributed by atoms with Crippen molar-refractivity contribution >= 4 is 0 Å². The van der Waals surface area contributed by atoms with Gasteiger partial charge in [0, 0.05) is 0 Å². The van der Waals surface area contributed by atoms with E-state index in [9.17, 15) is 0 Å². The second-order valence-electron chi connectivity index (χ2n) is 4.26. The van der Waals surface area contributed by atoms with Gasteiger partial charge < -0.3 is 0 Å². The topological polar surface area (TPSA) is 0 Å². The molecule has 0 radical (unpaired) electrons. The Hall–Kier alpha value is -0.260. The van der Waals surface area contributed by atoms with Crippen molar-refractivity contribution in [2.45, 2.75) is 53.4 Å². The smallest absolute Gasteiger partial charge is 0.0326 e. The molecule has 0 aromatic carbocycles. The van der Waals surface area contributed by atoms with Crippen LogP contribution < -0.4 is 0 Å². The van der Waals surface area contributed by atoms with Crippen molar-refractivity contribution in [3.63, 3.8) is 0 Å². The molecule has 0 saturated heterocycles. The first-order valence-electron chi connectivity index (χ1n) is 5.22. The summed E-state index contributed by atoms with van der Waals surface area (Å²) in [5.41, 5.74) is 1.33. The van der Waals surface area contributed by atoms with E-state index in [2.05, 4.69) is 34.3 Å². The van der Waals surface area contributed by atoms with Crippen molar-refractivity contribution in [1.82, 2.24) is 0 Å².